The summed E-state index contributed by atoms with van der Waals surface area (Å²) in [5.41, 5.74) is 11.9. The minimum absolute atomic E-state index is 0.0328. The molecule has 0 unspecified atom stereocenters. The van der Waals surface area contributed by atoms with Gasteiger partial charge in [-0.1, -0.05) is 99.6 Å². The van der Waals surface area contributed by atoms with Crippen molar-refractivity contribution in [2.24, 2.45) is 0 Å². The summed E-state index contributed by atoms with van der Waals surface area (Å²) in [4.78, 5) is 4.89. The Hall–Kier alpha value is -6.60. The fraction of sp³-hybridized carbons (Fsp3) is 0.250. The van der Waals surface area contributed by atoms with Crippen molar-refractivity contribution < 1.29 is 18.1 Å². The Morgan fingerprint density at radius 3 is 1.86 bits per heavy atom. The highest BCUT2D eigenvalue weighted by Crippen LogP contribution is 2.39. The minimum Gasteiger partial charge on any atom is -0.457 e. The summed E-state index contributed by atoms with van der Waals surface area (Å²) in [5, 5.41) is 2.29. The monoisotopic (exact) mass is 837 g/mol. The summed E-state index contributed by atoms with van der Waals surface area (Å²) in [5.74, 6) is 1.38. The van der Waals surface area contributed by atoms with Crippen molar-refractivity contribution in [3.63, 3.8) is 0 Å². The smallest absolute Gasteiger partial charge is 0.255 e. The predicted molar refractivity (Wildman–Crippen MR) is 254 cm³/mol. The zero-order valence-corrected chi connectivity index (χ0v) is 37.9. The molecule has 0 aliphatic rings. The number of para-hydroxylation sites is 3. The average Bonchev–Trinajstić information content (AvgIpc) is 3.78. The van der Waals surface area contributed by atoms with Crippen molar-refractivity contribution in [3.8, 4) is 39.8 Å². The predicted octanol–water partition coefficient (Wildman–Crippen LogP) is 15.0. The van der Waals surface area contributed by atoms with Crippen LogP contribution in [0.3, 0.4) is 0 Å². The van der Waals surface area contributed by atoms with Crippen LogP contribution in [0.15, 0.2) is 140 Å². The van der Waals surface area contributed by atoms with Crippen LogP contribution in [0, 0.1) is 11.6 Å². The highest BCUT2D eigenvalue weighted by molar-refractivity contribution is 6.09. The van der Waals surface area contributed by atoms with E-state index in [1.807, 2.05) is 6.20 Å². The maximum Gasteiger partial charge on any atom is 0.255 e. The summed E-state index contributed by atoms with van der Waals surface area (Å²) in [6.45, 7) is 22.0. The number of imidazole rings is 1. The third kappa shape index (κ3) is 7.79. The van der Waals surface area contributed by atoms with Crippen LogP contribution in [0.4, 0.5) is 8.78 Å². The largest absolute Gasteiger partial charge is 0.457 e. The molecule has 5 nitrogen and oxygen atoms in total. The Kier molecular flexibility index (Phi) is 10.4. The Balaban J connectivity index is 1.20. The van der Waals surface area contributed by atoms with Crippen LogP contribution >= 0.6 is 0 Å². The zero-order chi connectivity index (χ0) is 44.5. The Morgan fingerprint density at radius 2 is 1.19 bits per heavy atom. The average molecular weight is 838 g/mol. The van der Waals surface area contributed by atoms with E-state index in [1.165, 1.54) is 17.7 Å². The first-order valence-corrected chi connectivity index (χ1v) is 21.9. The molecule has 9 aromatic rings. The van der Waals surface area contributed by atoms with Gasteiger partial charge in [-0.15, -0.1) is 0 Å². The number of hydrogen-bond donors (Lipinski definition) is 0. The number of fused-ring (bicyclic) bond motifs is 4. The minimum atomic E-state index is -0.590. The summed E-state index contributed by atoms with van der Waals surface area (Å²) in [6.07, 6.45) is 4.08. The number of hydrogen-bond acceptors (Lipinski definition) is 2. The molecule has 0 aliphatic carbocycles. The molecule has 9 rings (SSSR count). The van der Waals surface area contributed by atoms with Crippen molar-refractivity contribution in [1.82, 2.24) is 14.1 Å². The van der Waals surface area contributed by atoms with Crippen molar-refractivity contribution in [2.75, 3.05) is 0 Å². The van der Waals surface area contributed by atoms with Gasteiger partial charge in [0, 0.05) is 46.3 Å². The Morgan fingerprint density at radius 1 is 0.571 bits per heavy atom. The quantitative estimate of drug-likeness (QED) is 0.143. The molecular weight excluding hydrogens is 783 g/mol. The van der Waals surface area contributed by atoms with Crippen molar-refractivity contribution in [3.05, 3.63) is 174 Å². The lowest BCUT2D eigenvalue weighted by Gasteiger charge is -2.21. The van der Waals surface area contributed by atoms with Crippen LogP contribution in [0.5, 0.6) is 11.5 Å². The van der Waals surface area contributed by atoms with E-state index in [4.69, 9.17) is 9.72 Å². The number of aromatic nitrogens is 4. The second-order valence-electron chi connectivity index (χ2n) is 19.6. The third-order valence-corrected chi connectivity index (χ3v) is 12.2. The lowest BCUT2D eigenvalue weighted by molar-refractivity contribution is -0.569. The van der Waals surface area contributed by atoms with Gasteiger partial charge in [-0.25, -0.2) is 13.8 Å². The number of benzene rings is 6. The van der Waals surface area contributed by atoms with Crippen molar-refractivity contribution in [2.45, 2.75) is 91.9 Å². The van der Waals surface area contributed by atoms with Crippen LogP contribution in [0.1, 0.15) is 103 Å². The van der Waals surface area contributed by atoms with Gasteiger partial charge in [0.15, 0.2) is 11.0 Å². The Labute approximate surface area is 369 Å². The number of nitrogens with zero attached hydrogens (tertiary/aromatic N) is 4. The number of ether oxygens (including phenoxy) is 1. The normalized spacial score (nSPS) is 12.4. The van der Waals surface area contributed by atoms with E-state index in [2.05, 4.69) is 198 Å². The standard InChI is InChI=1S/C56H55F2N4O/c1-34(2)47-25-37(36-23-40(57)30-41(58)24-36)26-48(35(3)4)54(47)61-33-60(50-17-13-14-18-51(50)61)42-27-39(56(8,9)10)28-44(31-42)63-43-19-20-46-45-15-11-12-16-49(45)62(52(46)32-43)53-29-38(21-22-59-53)55(5,6)7/h11-35H,1-10H3/q+1. The van der Waals surface area contributed by atoms with Crippen LogP contribution in [-0.2, 0) is 10.8 Å². The van der Waals surface area contributed by atoms with Gasteiger partial charge in [0.25, 0.3) is 6.33 Å². The second kappa shape index (κ2) is 15.6. The van der Waals surface area contributed by atoms with Crippen LogP contribution in [-0.4, -0.2) is 14.1 Å². The summed E-state index contributed by atoms with van der Waals surface area (Å²) in [7, 11) is 0. The van der Waals surface area contributed by atoms with E-state index in [0.717, 1.165) is 89.9 Å². The molecule has 0 saturated carbocycles. The van der Waals surface area contributed by atoms with Crippen molar-refractivity contribution in [1.29, 1.82) is 0 Å². The van der Waals surface area contributed by atoms with Gasteiger partial charge >= 0.3 is 0 Å². The molecule has 0 aliphatic heterocycles. The number of halogens is 2. The van der Waals surface area contributed by atoms with Crippen LogP contribution in [0.2, 0.25) is 0 Å². The van der Waals surface area contributed by atoms with E-state index in [1.54, 1.807) is 0 Å². The highest BCUT2D eigenvalue weighted by Gasteiger charge is 2.28. The topological polar surface area (TPSA) is 35.9 Å². The summed E-state index contributed by atoms with van der Waals surface area (Å²) in [6, 6.07) is 42.0. The first-order chi connectivity index (χ1) is 29.9. The van der Waals surface area contributed by atoms with Gasteiger partial charge in [0.2, 0.25) is 0 Å². The molecule has 7 heteroatoms. The first-order valence-electron chi connectivity index (χ1n) is 21.9. The van der Waals surface area contributed by atoms with Gasteiger partial charge in [-0.2, -0.15) is 9.13 Å². The maximum atomic E-state index is 14.5. The Bertz CT molecular complexity index is 3160. The molecule has 0 fully saturated rings. The van der Waals surface area contributed by atoms with Gasteiger partial charge in [0.05, 0.1) is 11.0 Å². The molecule has 6 aromatic carbocycles. The molecule has 0 N–H and O–H groups in total. The summed E-state index contributed by atoms with van der Waals surface area (Å²) < 4.78 is 42.8. The number of pyridine rings is 1. The van der Waals surface area contributed by atoms with E-state index >= 15 is 0 Å². The van der Waals surface area contributed by atoms with Gasteiger partial charge < -0.3 is 4.74 Å². The van der Waals surface area contributed by atoms with E-state index < -0.39 is 11.6 Å². The SMILES string of the molecule is CC(C)c1cc(-c2cc(F)cc(F)c2)cc(C(C)C)c1-[n+]1cn(-c2cc(Oc3ccc4c5ccccc5n(-c5cc(C(C)(C)C)ccn5)c4c3)cc(C(C)(C)C)c2)c2ccccc21. The molecular formula is C56H55F2N4O+. The number of rotatable bonds is 8. The highest BCUT2D eigenvalue weighted by atomic mass is 19.1. The molecule has 0 radical (unpaired) electrons. The molecule has 0 saturated heterocycles. The van der Waals surface area contributed by atoms with Gasteiger partial charge in [-0.05, 0) is 124 Å². The van der Waals surface area contributed by atoms with Crippen molar-refractivity contribution >= 4 is 32.8 Å². The molecule has 0 atom stereocenters. The molecule has 0 amide bonds. The van der Waals surface area contributed by atoms with Crippen LogP contribution < -0.4 is 9.30 Å². The molecule has 3 heterocycles. The van der Waals surface area contributed by atoms with Crippen LogP contribution in [0.25, 0.3) is 61.2 Å². The maximum absolute atomic E-state index is 14.5. The fourth-order valence-corrected chi connectivity index (χ4v) is 8.84. The van der Waals surface area contributed by atoms with E-state index in [-0.39, 0.29) is 22.7 Å². The lowest BCUT2D eigenvalue weighted by Crippen LogP contribution is -2.33. The zero-order valence-electron chi connectivity index (χ0n) is 37.9. The molecule has 318 valence electrons. The lowest BCUT2D eigenvalue weighted by atomic mass is 9.86. The molecule has 63 heavy (non-hydrogen) atoms. The third-order valence-electron chi connectivity index (χ3n) is 12.2. The van der Waals surface area contributed by atoms with E-state index in [9.17, 15) is 8.78 Å². The fourth-order valence-electron chi connectivity index (χ4n) is 8.84. The summed E-state index contributed by atoms with van der Waals surface area (Å²) >= 11 is 0. The van der Waals surface area contributed by atoms with Gasteiger partial charge in [-0.3, -0.25) is 4.57 Å². The van der Waals surface area contributed by atoms with Gasteiger partial charge in [0.1, 0.15) is 40.3 Å². The molecule has 0 bridgehead atoms. The second-order valence-corrected chi connectivity index (χ2v) is 19.6. The first kappa shape index (κ1) is 41.7. The molecule has 3 aromatic heterocycles. The molecule has 0 spiro atoms. The van der Waals surface area contributed by atoms with E-state index in [0.29, 0.717) is 5.56 Å².